The number of hydrogen-bond donors (Lipinski definition) is 2. The number of unbranched alkanes of at least 4 members (excludes halogenated alkanes) is 5. The molecular weight excluding hydrogens is 227 g/mol. The fourth-order valence-electron chi connectivity index (χ4n) is 1.64. The van der Waals surface area contributed by atoms with Crippen molar-refractivity contribution in [2.45, 2.75) is 90.7 Å². The van der Waals surface area contributed by atoms with Crippen LogP contribution in [0.3, 0.4) is 0 Å². The van der Waals surface area contributed by atoms with Gasteiger partial charge in [-0.25, -0.2) is 0 Å². The summed E-state index contributed by atoms with van der Waals surface area (Å²) in [6.07, 6.45) is 7.83. The third kappa shape index (κ3) is 7.40. The molecule has 0 saturated carbocycles. The summed E-state index contributed by atoms with van der Waals surface area (Å²) in [7, 11) is -0.780. The van der Waals surface area contributed by atoms with Crippen molar-refractivity contribution in [3.63, 3.8) is 0 Å². The molecule has 0 unspecified atom stereocenters. The highest BCUT2D eigenvalue weighted by molar-refractivity contribution is 6.42. The van der Waals surface area contributed by atoms with Gasteiger partial charge in [-0.1, -0.05) is 45.4 Å². The topological polar surface area (TPSA) is 49.7 Å². The molecule has 0 aliphatic carbocycles. The molecule has 4 heteroatoms. The molecule has 0 atom stereocenters. The van der Waals surface area contributed by atoms with E-state index in [1.807, 2.05) is 0 Å². The first kappa shape index (κ1) is 17.9. The van der Waals surface area contributed by atoms with E-state index in [1.54, 1.807) is 27.7 Å². The lowest BCUT2D eigenvalue weighted by atomic mass is 9.78. The van der Waals surface area contributed by atoms with Crippen molar-refractivity contribution in [1.82, 2.24) is 0 Å². The summed E-state index contributed by atoms with van der Waals surface area (Å²) in [5, 5.41) is 19.7. The minimum atomic E-state index is -0.963. The summed E-state index contributed by atoms with van der Waals surface area (Å²) in [4.78, 5) is 0. The van der Waals surface area contributed by atoms with Crippen LogP contribution in [0, 0.1) is 0 Å². The minimum Gasteiger partial charge on any atom is -0.427 e. The van der Waals surface area contributed by atoms with Gasteiger partial charge >= 0.3 is 7.12 Å². The van der Waals surface area contributed by atoms with Crippen molar-refractivity contribution in [2.75, 3.05) is 0 Å². The van der Waals surface area contributed by atoms with Crippen molar-refractivity contribution in [3.05, 3.63) is 0 Å². The Morgan fingerprint density at radius 1 is 0.944 bits per heavy atom. The average molecular weight is 258 g/mol. The van der Waals surface area contributed by atoms with Gasteiger partial charge < -0.3 is 14.8 Å². The zero-order chi connectivity index (χ0) is 14.2. The molecule has 0 radical (unpaired) electrons. The quantitative estimate of drug-likeness (QED) is 0.466. The zero-order valence-electron chi connectivity index (χ0n) is 12.8. The lowest BCUT2D eigenvalue weighted by molar-refractivity contribution is -0.1000. The van der Waals surface area contributed by atoms with Crippen LogP contribution in [0.1, 0.15) is 73.1 Å². The van der Waals surface area contributed by atoms with Crippen LogP contribution in [0.2, 0.25) is 6.32 Å². The Labute approximate surface area is 113 Å². The van der Waals surface area contributed by atoms with Gasteiger partial charge in [-0.15, -0.1) is 0 Å². The molecule has 18 heavy (non-hydrogen) atoms. The fourth-order valence-corrected chi connectivity index (χ4v) is 1.64. The molecule has 0 saturated heterocycles. The highest BCUT2D eigenvalue weighted by Gasteiger charge is 2.38. The van der Waals surface area contributed by atoms with Gasteiger partial charge in [0, 0.05) is 0 Å². The second-order valence-corrected chi connectivity index (χ2v) is 6.20. The first-order chi connectivity index (χ1) is 8.20. The largest absolute Gasteiger partial charge is 0.454 e. The molecular formula is C14H31BO3. The van der Waals surface area contributed by atoms with E-state index in [-0.39, 0.29) is 0 Å². The van der Waals surface area contributed by atoms with Crippen molar-refractivity contribution in [2.24, 2.45) is 0 Å². The standard InChI is InChI=1S/C14H31BO3/c1-6-7-8-9-10-11-12-15(17)18-14(4,5)13(2,3)16/h16-17H,6-12H2,1-5H3. The van der Waals surface area contributed by atoms with Gasteiger partial charge in [0.15, 0.2) is 0 Å². The molecule has 0 aromatic heterocycles. The zero-order valence-corrected chi connectivity index (χ0v) is 12.8. The van der Waals surface area contributed by atoms with Gasteiger partial charge in [-0.3, -0.25) is 0 Å². The number of rotatable bonds is 10. The lowest BCUT2D eigenvalue weighted by Gasteiger charge is -2.38. The summed E-state index contributed by atoms with van der Waals surface area (Å²) in [6, 6.07) is 0. The molecule has 3 nitrogen and oxygen atoms in total. The summed E-state index contributed by atoms with van der Waals surface area (Å²) in [6.45, 7) is 9.21. The highest BCUT2D eigenvalue weighted by atomic mass is 16.5. The van der Waals surface area contributed by atoms with Gasteiger partial charge in [0.1, 0.15) is 0 Å². The van der Waals surface area contributed by atoms with Gasteiger partial charge in [0.05, 0.1) is 11.2 Å². The minimum absolute atomic E-state index is 0.644. The van der Waals surface area contributed by atoms with Gasteiger partial charge in [0.2, 0.25) is 0 Å². The Morgan fingerprint density at radius 2 is 1.44 bits per heavy atom. The predicted molar refractivity (Wildman–Crippen MR) is 77.6 cm³/mol. The summed E-state index contributed by atoms with van der Waals surface area (Å²) in [5.41, 5.74) is -1.70. The summed E-state index contributed by atoms with van der Waals surface area (Å²) < 4.78 is 5.54. The third-order valence-electron chi connectivity index (χ3n) is 3.71. The molecule has 0 amide bonds. The third-order valence-corrected chi connectivity index (χ3v) is 3.71. The molecule has 0 aromatic rings. The summed E-state index contributed by atoms with van der Waals surface area (Å²) >= 11 is 0. The van der Waals surface area contributed by atoms with Crippen LogP contribution >= 0.6 is 0 Å². The van der Waals surface area contributed by atoms with Crippen LogP contribution in [0.15, 0.2) is 0 Å². The maximum Gasteiger partial charge on any atom is 0.454 e. The fraction of sp³-hybridized carbons (Fsp3) is 1.00. The van der Waals surface area contributed by atoms with Gasteiger partial charge in [0.25, 0.3) is 0 Å². The monoisotopic (exact) mass is 258 g/mol. The van der Waals surface area contributed by atoms with E-state index in [2.05, 4.69) is 6.92 Å². The van der Waals surface area contributed by atoms with Crippen LogP contribution in [0.25, 0.3) is 0 Å². The van der Waals surface area contributed by atoms with Crippen molar-refractivity contribution >= 4 is 7.12 Å². The van der Waals surface area contributed by atoms with E-state index in [0.717, 1.165) is 12.8 Å². The Morgan fingerprint density at radius 3 is 1.94 bits per heavy atom. The van der Waals surface area contributed by atoms with Crippen LogP contribution < -0.4 is 0 Å². The Bertz CT molecular complexity index is 212. The van der Waals surface area contributed by atoms with Crippen molar-refractivity contribution < 1.29 is 14.8 Å². The Balaban J connectivity index is 3.74. The van der Waals surface area contributed by atoms with E-state index in [9.17, 15) is 10.1 Å². The summed E-state index contributed by atoms with van der Waals surface area (Å²) in [5.74, 6) is 0. The number of aliphatic hydroxyl groups is 1. The van der Waals surface area contributed by atoms with Crippen LogP contribution in [-0.2, 0) is 4.65 Å². The molecule has 0 aliphatic heterocycles. The van der Waals surface area contributed by atoms with Gasteiger partial charge in [-0.05, 0) is 34.0 Å². The number of hydrogen-bond acceptors (Lipinski definition) is 3. The lowest BCUT2D eigenvalue weighted by Crippen LogP contribution is -2.50. The van der Waals surface area contributed by atoms with E-state index >= 15 is 0 Å². The Kier molecular flexibility index (Phi) is 8.16. The molecule has 0 rings (SSSR count). The molecule has 2 N–H and O–H groups in total. The van der Waals surface area contributed by atoms with Crippen molar-refractivity contribution in [1.29, 1.82) is 0 Å². The first-order valence-corrected chi connectivity index (χ1v) is 7.29. The van der Waals surface area contributed by atoms with E-state index < -0.39 is 18.3 Å². The molecule has 0 bridgehead atoms. The molecule has 0 fully saturated rings. The Hall–Kier alpha value is -0.0551. The normalized spacial score (nSPS) is 12.8. The first-order valence-electron chi connectivity index (χ1n) is 7.29. The maximum atomic E-state index is 9.93. The van der Waals surface area contributed by atoms with E-state index in [4.69, 9.17) is 4.65 Å². The molecule has 0 heterocycles. The molecule has 0 aliphatic rings. The second kappa shape index (κ2) is 8.18. The van der Waals surface area contributed by atoms with Crippen LogP contribution in [0.4, 0.5) is 0 Å². The van der Waals surface area contributed by atoms with Crippen LogP contribution in [-0.4, -0.2) is 28.5 Å². The van der Waals surface area contributed by atoms with Gasteiger partial charge in [-0.2, -0.15) is 0 Å². The van der Waals surface area contributed by atoms with Crippen LogP contribution in [0.5, 0.6) is 0 Å². The molecule has 108 valence electrons. The predicted octanol–water partition coefficient (Wildman–Crippen LogP) is 3.39. The smallest absolute Gasteiger partial charge is 0.427 e. The average Bonchev–Trinajstić information content (AvgIpc) is 2.20. The van der Waals surface area contributed by atoms with Crippen molar-refractivity contribution in [3.8, 4) is 0 Å². The SMILES string of the molecule is CCCCCCCCB(O)OC(C)(C)C(C)(C)O. The maximum absolute atomic E-state index is 9.93. The van der Waals surface area contributed by atoms with E-state index in [0.29, 0.717) is 6.32 Å². The molecule has 0 aromatic carbocycles. The molecule has 0 spiro atoms. The second-order valence-electron chi connectivity index (χ2n) is 6.20. The van der Waals surface area contributed by atoms with E-state index in [1.165, 1.54) is 25.7 Å². The highest BCUT2D eigenvalue weighted by Crippen LogP contribution is 2.26.